The summed E-state index contributed by atoms with van der Waals surface area (Å²) in [5.41, 5.74) is 3.23. The molecule has 1 fully saturated rings. The summed E-state index contributed by atoms with van der Waals surface area (Å²) >= 11 is 7.63. The fourth-order valence-electron chi connectivity index (χ4n) is 3.35. The summed E-state index contributed by atoms with van der Waals surface area (Å²) in [4.78, 5) is 21.4. The number of carbonyl (C=O) groups is 1. The van der Waals surface area contributed by atoms with Crippen LogP contribution in [0.3, 0.4) is 0 Å². The maximum atomic E-state index is 12.5. The summed E-state index contributed by atoms with van der Waals surface area (Å²) < 4.78 is 5.63. The molecule has 0 spiro atoms. The molecule has 0 unspecified atom stereocenters. The molecule has 0 radical (unpaired) electrons. The molecular weight excluding hydrogens is 418 g/mol. The normalized spacial score (nSPS) is 14.7. The summed E-state index contributed by atoms with van der Waals surface area (Å²) in [6.45, 7) is 6.02. The molecule has 5 nitrogen and oxygen atoms in total. The molecule has 156 valence electrons. The molecule has 0 aliphatic carbocycles. The Morgan fingerprint density at radius 3 is 2.47 bits per heavy atom. The second-order valence-electron chi connectivity index (χ2n) is 7.39. The van der Waals surface area contributed by atoms with Crippen LogP contribution in [-0.2, 0) is 11.3 Å². The Balaban J connectivity index is 1.24. The number of ether oxygens (including phenoxy) is 1. The van der Waals surface area contributed by atoms with Crippen molar-refractivity contribution in [1.29, 1.82) is 0 Å². The number of carbonyl (C=O) groups excluding carboxylic acids is 1. The van der Waals surface area contributed by atoms with Crippen molar-refractivity contribution in [2.45, 2.75) is 13.5 Å². The minimum absolute atomic E-state index is 0.0366. The monoisotopic (exact) mass is 441 g/mol. The summed E-state index contributed by atoms with van der Waals surface area (Å²) in [7, 11) is 0. The lowest BCUT2D eigenvalue weighted by Crippen LogP contribution is -2.49. The highest BCUT2D eigenvalue weighted by molar-refractivity contribution is 7.09. The number of piperazine rings is 1. The lowest BCUT2D eigenvalue weighted by molar-refractivity contribution is -0.135. The number of hydrogen-bond donors (Lipinski definition) is 0. The third kappa shape index (κ3) is 5.39. The van der Waals surface area contributed by atoms with Crippen molar-refractivity contribution in [3.8, 4) is 17.0 Å². The van der Waals surface area contributed by atoms with Gasteiger partial charge in [0, 0.05) is 42.1 Å². The molecule has 0 bridgehead atoms. The maximum absolute atomic E-state index is 12.5. The summed E-state index contributed by atoms with van der Waals surface area (Å²) in [6.07, 6.45) is 0. The van der Waals surface area contributed by atoms with E-state index < -0.39 is 0 Å². The highest BCUT2D eigenvalue weighted by atomic mass is 35.5. The molecule has 0 saturated carbocycles. The fourth-order valence-corrected chi connectivity index (χ4v) is 4.32. The highest BCUT2D eigenvalue weighted by Crippen LogP contribution is 2.24. The Hall–Kier alpha value is -2.41. The number of aromatic nitrogens is 1. The van der Waals surface area contributed by atoms with Gasteiger partial charge in [-0.1, -0.05) is 41.4 Å². The second-order valence-corrected chi connectivity index (χ2v) is 8.77. The van der Waals surface area contributed by atoms with Crippen molar-refractivity contribution in [3.63, 3.8) is 0 Å². The van der Waals surface area contributed by atoms with Gasteiger partial charge in [0.2, 0.25) is 0 Å². The van der Waals surface area contributed by atoms with E-state index >= 15 is 0 Å². The molecule has 1 aliphatic rings. The summed E-state index contributed by atoms with van der Waals surface area (Å²) in [5, 5.41) is 3.90. The van der Waals surface area contributed by atoms with Gasteiger partial charge in [-0.3, -0.25) is 9.69 Å². The molecule has 1 saturated heterocycles. The Kier molecular flexibility index (Phi) is 6.67. The van der Waals surface area contributed by atoms with E-state index in [-0.39, 0.29) is 12.5 Å². The predicted molar refractivity (Wildman–Crippen MR) is 121 cm³/mol. The maximum Gasteiger partial charge on any atom is 0.260 e. The van der Waals surface area contributed by atoms with E-state index in [2.05, 4.69) is 10.3 Å². The minimum atomic E-state index is 0.0366. The van der Waals surface area contributed by atoms with Crippen LogP contribution in [0.5, 0.6) is 5.75 Å². The van der Waals surface area contributed by atoms with Gasteiger partial charge in [0.25, 0.3) is 5.91 Å². The van der Waals surface area contributed by atoms with Crippen LogP contribution in [0.4, 0.5) is 0 Å². The van der Waals surface area contributed by atoms with Crippen LogP contribution < -0.4 is 4.74 Å². The predicted octanol–water partition coefficient (Wildman–Crippen LogP) is 4.50. The zero-order valence-electron chi connectivity index (χ0n) is 16.9. The number of amides is 1. The van der Waals surface area contributed by atoms with Gasteiger partial charge in [0.15, 0.2) is 6.61 Å². The average Bonchev–Trinajstić information content (AvgIpc) is 3.22. The fraction of sp³-hybridized carbons (Fsp3) is 0.304. The van der Waals surface area contributed by atoms with Crippen LogP contribution in [0, 0.1) is 6.92 Å². The minimum Gasteiger partial charge on any atom is -0.484 e. The summed E-state index contributed by atoms with van der Waals surface area (Å²) in [5.74, 6) is 0.766. The Morgan fingerprint density at radius 1 is 1.07 bits per heavy atom. The lowest BCUT2D eigenvalue weighted by Gasteiger charge is -2.34. The second kappa shape index (κ2) is 9.60. The first kappa shape index (κ1) is 20.8. The third-order valence-corrected chi connectivity index (χ3v) is 6.24. The molecule has 1 amide bonds. The van der Waals surface area contributed by atoms with E-state index in [1.54, 1.807) is 11.3 Å². The van der Waals surface area contributed by atoms with E-state index in [0.29, 0.717) is 13.1 Å². The van der Waals surface area contributed by atoms with E-state index in [1.165, 1.54) is 5.56 Å². The van der Waals surface area contributed by atoms with Crippen molar-refractivity contribution < 1.29 is 9.53 Å². The van der Waals surface area contributed by atoms with Crippen LogP contribution in [-0.4, -0.2) is 53.5 Å². The molecular formula is C23H24ClN3O2S. The number of rotatable bonds is 6. The van der Waals surface area contributed by atoms with Gasteiger partial charge in [-0.15, -0.1) is 11.3 Å². The molecule has 0 atom stereocenters. The van der Waals surface area contributed by atoms with Crippen LogP contribution in [0.1, 0.15) is 10.6 Å². The van der Waals surface area contributed by atoms with Crippen molar-refractivity contribution in [2.24, 2.45) is 0 Å². The van der Waals surface area contributed by atoms with Crippen molar-refractivity contribution in [1.82, 2.24) is 14.8 Å². The quantitative estimate of drug-likeness (QED) is 0.565. The molecule has 2 heterocycles. The highest BCUT2D eigenvalue weighted by Gasteiger charge is 2.22. The largest absolute Gasteiger partial charge is 0.484 e. The SMILES string of the molecule is Cc1ccc(OCC(=O)N2CCN(Cc3nc(-c4ccc(Cl)cc4)cs3)CC2)cc1. The van der Waals surface area contributed by atoms with E-state index in [1.807, 2.05) is 60.4 Å². The number of hydrogen-bond acceptors (Lipinski definition) is 5. The van der Waals surface area contributed by atoms with Crippen LogP contribution in [0.2, 0.25) is 5.02 Å². The first-order valence-electron chi connectivity index (χ1n) is 9.97. The molecule has 1 aromatic heterocycles. The average molecular weight is 442 g/mol. The van der Waals surface area contributed by atoms with Crippen LogP contribution in [0.25, 0.3) is 11.3 Å². The van der Waals surface area contributed by atoms with Gasteiger partial charge in [-0.05, 0) is 31.2 Å². The van der Waals surface area contributed by atoms with Crippen molar-refractivity contribution in [3.05, 3.63) is 69.5 Å². The number of nitrogens with zero attached hydrogens (tertiary/aromatic N) is 3. The van der Waals surface area contributed by atoms with Gasteiger partial charge in [0.1, 0.15) is 10.8 Å². The number of benzene rings is 2. The first-order chi connectivity index (χ1) is 14.6. The van der Waals surface area contributed by atoms with Crippen LogP contribution in [0.15, 0.2) is 53.9 Å². The Bertz CT molecular complexity index is 980. The molecule has 3 aromatic rings. The number of aryl methyl sites for hydroxylation is 1. The van der Waals surface area contributed by atoms with Gasteiger partial charge >= 0.3 is 0 Å². The van der Waals surface area contributed by atoms with Crippen molar-refractivity contribution in [2.75, 3.05) is 32.8 Å². The van der Waals surface area contributed by atoms with Gasteiger partial charge in [-0.25, -0.2) is 4.98 Å². The first-order valence-corrected chi connectivity index (χ1v) is 11.2. The number of halogens is 1. The zero-order chi connectivity index (χ0) is 20.9. The molecule has 1 aliphatic heterocycles. The third-order valence-electron chi connectivity index (χ3n) is 5.16. The van der Waals surface area contributed by atoms with E-state index in [9.17, 15) is 4.79 Å². The zero-order valence-corrected chi connectivity index (χ0v) is 18.5. The van der Waals surface area contributed by atoms with Gasteiger partial charge in [0.05, 0.1) is 12.2 Å². The molecule has 7 heteroatoms. The molecule has 30 heavy (non-hydrogen) atoms. The summed E-state index contributed by atoms with van der Waals surface area (Å²) in [6, 6.07) is 15.5. The number of thiazole rings is 1. The van der Waals surface area contributed by atoms with Crippen LogP contribution >= 0.6 is 22.9 Å². The molecule has 2 aromatic carbocycles. The standard InChI is InChI=1S/C23H24ClN3O2S/c1-17-2-8-20(9-3-17)29-15-23(28)27-12-10-26(11-13-27)14-22-25-21(16-30-22)18-4-6-19(24)7-5-18/h2-9,16H,10-15H2,1H3. The van der Waals surface area contributed by atoms with E-state index in [4.69, 9.17) is 21.3 Å². The Labute approximate surface area is 185 Å². The van der Waals surface area contributed by atoms with Gasteiger partial charge < -0.3 is 9.64 Å². The molecule has 4 rings (SSSR count). The van der Waals surface area contributed by atoms with Crippen molar-refractivity contribution >= 4 is 28.8 Å². The molecule has 0 N–H and O–H groups in total. The topological polar surface area (TPSA) is 45.7 Å². The van der Waals surface area contributed by atoms with E-state index in [0.717, 1.165) is 46.7 Å². The Morgan fingerprint density at radius 2 is 1.77 bits per heavy atom. The smallest absolute Gasteiger partial charge is 0.260 e. The lowest BCUT2D eigenvalue weighted by atomic mass is 10.2. The van der Waals surface area contributed by atoms with Gasteiger partial charge in [-0.2, -0.15) is 0 Å².